The van der Waals surface area contributed by atoms with Gasteiger partial charge in [-0.1, -0.05) is 39.8 Å². The molecular weight excluding hydrogens is 1380 g/mol. The van der Waals surface area contributed by atoms with Gasteiger partial charge in [0.15, 0.2) is 0 Å². The second-order valence-corrected chi connectivity index (χ2v) is 26.5. The third-order valence-electron chi connectivity index (χ3n) is 17.0. The number of nitrogens with one attached hydrogen (secondary N) is 2. The Morgan fingerprint density at radius 3 is 1.13 bits per heavy atom. The van der Waals surface area contributed by atoms with Gasteiger partial charge in [0.05, 0.1) is 53.8 Å². The third-order valence-corrected chi connectivity index (χ3v) is 17.0. The van der Waals surface area contributed by atoms with Crippen LogP contribution in [0.2, 0.25) is 0 Å². The number of carbonyl (C=O) groups excluding carboxylic acids is 3. The number of benzene rings is 4. The zero-order chi connectivity index (χ0) is 77.5. The predicted molar refractivity (Wildman–Crippen MR) is 350 cm³/mol. The molecular formula is C72H82F16N6O8. The van der Waals surface area contributed by atoms with Crippen molar-refractivity contribution in [2.45, 2.75) is 164 Å². The van der Waals surface area contributed by atoms with Crippen molar-refractivity contribution in [2.75, 3.05) is 47.9 Å². The fourth-order valence-corrected chi connectivity index (χ4v) is 12.1. The van der Waals surface area contributed by atoms with Crippen LogP contribution in [0.1, 0.15) is 162 Å². The van der Waals surface area contributed by atoms with E-state index in [4.69, 9.17) is 4.74 Å². The molecule has 2 aromatic heterocycles. The highest BCUT2D eigenvalue weighted by Crippen LogP contribution is 2.45. The highest BCUT2D eigenvalue weighted by atomic mass is 19.4. The van der Waals surface area contributed by atoms with E-state index in [1.165, 1.54) is 34.6 Å². The molecule has 0 saturated carbocycles. The average Bonchev–Trinajstić information content (AvgIpc) is 0.767. The Hall–Kier alpha value is -8.54. The summed E-state index contributed by atoms with van der Waals surface area (Å²) in [6.07, 6.45) is -20.0. The van der Waals surface area contributed by atoms with E-state index in [0.717, 1.165) is 71.8 Å². The van der Waals surface area contributed by atoms with E-state index in [9.17, 15) is 86.6 Å². The van der Waals surface area contributed by atoms with Crippen LogP contribution in [-0.4, -0.2) is 95.7 Å². The third kappa shape index (κ3) is 20.6. The number of rotatable bonds is 25. The molecule has 0 saturated heterocycles. The topological polar surface area (TPSA) is 172 Å². The second-order valence-electron chi connectivity index (χ2n) is 26.5. The van der Waals surface area contributed by atoms with Gasteiger partial charge in [-0.15, -0.1) is 0 Å². The van der Waals surface area contributed by atoms with Crippen molar-refractivity contribution in [2.24, 2.45) is 11.8 Å². The number of nitrogens with zero attached hydrogens (tertiary/aromatic N) is 4. The van der Waals surface area contributed by atoms with Crippen LogP contribution in [0.25, 0.3) is 22.3 Å². The van der Waals surface area contributed by atoms with E-state index in [1.54, 1.807) is 65.7 Å². The minimum atomic E-state index is -4.89. The number of pyridine rings is 2. The molecule has 0 aliphatic rings. The summed E-state index contributed by atoms with van der Waals surface area (Å²) in [5, 5.41) is 14.4. The van der Waals surface area contributed by atoms with Crippen molar-refractivity contribution >= 4 is 23.8 Å². The summed E-state index contributed by atoms with van der Waals surface area (Å²) in [7, 11) is 6.55. The molecule has 30 heteroatoms. The van der Waals surface area contributed by atoms with E-state index in [-0.39, 0.29) is 113 Å². The van der Waals surface area contributed by atoms with Crippen molar-refractivity contribution in [3.8, 4) is 22.3 Å². The maximum absolute atomic E-state index is 16.7. The molecule has 2 amide bonds. The standard InChI is InChI=1S/C37H43F8N3O4.C35H39F8N3O4/c1-9-52-30(50)17-27(32-33(38)21(5)15-24(34(32)39)31-20(4)10-11-25(22(31)6)36(40,41)42)46-35(51)28(14-19(2)3)48-18-23(12-13-47(7)8)26(16-29(48)49)37(43,44)45;1-17(2)12-26(46-16-21(10-11-45(6)7)24(14-27(46)47)35(41,42)43)33(50)44-25(15-28(48)49)30-31(36)19(4)13-22(32(30)37)29-18(3)8-9-23(20(29)5)34(38,39)40/h10-11,15-16,18-19,27-28H,9,12-14,17H2,1-8H3,(H,46,51);8-9,13-14,16-17,25-26H,10-12,15H2,1-7H3,(H,44,50)(H,48,49)/t27-,28?;25-,26?/m00/s1. The lowest BCUT2D eigenvalue weighted by Gasteiger charge is -2.27. The highest BCUT2D eigenvalue weighted by Gasteiger charge is 2.41. The molecule has 0 spiro atoms. The molecule has 102 heavy (non-hydrogen) atoms. The second kappa shape index (κ2) is 33.7. The molecule has 0 fully saturated rings. The van der Waals surface area contributed by atoms with Crippen molar-refractivity contribution in [1.29, 1.82) is 0 Å². The molecule has 0 radical (unpaired) electrons. The predicted octanol–water partition coefficient (Wildman–Crippen LogP) is 16.0. The summed E-state index contributed by atoms with van der Waals surface area (Å²) < 4.78 is 238. The van der Waals surface area contributed by atoms with Gasteiger partial charge in [0.25, 0.3) is 11.1 Å². The highest BCUT2D eigenvalue weighted by molar-refractivity contribution is 5.84. The van der Waals surface area contributed by atoms with Crippen LogP contribution in [0.5, 0.6) is 0 Å². The zero-order valence-corrected chi connectivity index (χ0v) is 58.7. The number of aryl methyl sites for hydroxylation is 4. The van der Waals surface area contributed by atoms with Crippen molar-refractivity contribution in [3.63, 3.8) is 0 Å². The van der Waals surface area contributed by atoms with Crippen LogP contribution in [0.3, 0.4) is 0 Å². The number of hydrogen-bond acceptors (Lipinski definition) is 9. The molecule has 14 nitrogen and oxygen atoms in total. The summed E-state index contributed by atoms with van der Waals surface area (Å²) in [4.78, 5) is 82.4. The fraction of sp³-hybridized carbons (Fsp3) is 0.472. The summed E-state index contributed by atoms with van der Waals surface area (Å²) in [6, 6.07) is -0.0899. The number of hydrogen-bond donors (Lipinski definition) is 3. The van der Waals surface area contributed by atoms with E-state index in [0.29, 0.717) is 12.1 Å². The van der Waals surface area contributed by atoms with Crippen LogP contribution in [0, 0.1) is 76.6 Å². The van der Waals surface area contributed by atoms with Crippen molar-refractivity contribution in [3.05, 3.63) is 183 Å². The maximum atomic E-state index is 16.7. The van der Waals surface area contributed by atoms with E-state index < -0.39 is 164 Å². The first-order valence-electron chi connectivity index (χ1n) is 32.2. The van der Waals surface area contributed by atoms with Gasteiger partial charge in [0.2, 0.25) is 11.8 Å². The van der Waals surface area contributed by atoms with Crippen molar-refractivity contribution < 1.29 is 99.3 Å². The molecule has 0 aliphatic carbocycles. The Morgan fingerprint density at radius 2 is 0.833 bits per heavy atom. The quantitative estimate of drug-likeness (QED) is 0.0370. The number of likely N-dealkylation sites (N-methyl/N-ethyl adjacent to an activating group) is 2. The first-order chi connectivity index (χ1) is 46.9. The summed E-state index contributed by atoms with van der Waals surface area (Å²) in [5.41, 5.74) is -11.2. The van der Waals surface area contributed by atoms with Gasteiger partial charge in [-0.25, -0.2) is 17.6 Å². The smallest absolute Gasteiger partial charge is 0.416 e. The number of esters is 1. The van der Waals surface area contributed by atoms with Crippen LogP contribution < -0.4 is 21.8 Å². The number of ether oxygens (including phenoxy) is 1. The Bertz CT molecular complexity index is 4190. The molecule has 4 atom stereocenters. The van der Waals surface area contributed by atoms with Crippen molar-refractivity contribution in [1.82, 2.24) is 29.6 Å². The molecule has 2 unspecified atom stereocenters. The molecule has 0 aliphatic heterocycles. The number of carboxylic acids is 1. The Balaban J connectivity index is 0.000000367. The Kier molecular flexibility index (Phi) is 27.8. The largest absolute Gasteiger partial charge is 0.481 e. The van der Waals surface area contributed by atoms with Crippen LogP contribution >= 0.6 is 0 Å². The van der Waals surface area contributed by atoms with Crippen LogP contribution in [-0.2, 0) is 61.5 Å². The monoisotopic (exact) mass is 1460 g/mol. The summed E-state index contributed by atoms with van der Waals surface area (Å²) >= 11 is 0. The minimum absolute atomic E-state index is 0.108. The summed E-state index contributed by atoms with van der Waals surface area (Å²) in [5.74, 6) is -10.7. The van der Waals surface area contributed by atoms with E-state index >= 15 is 17.6 Å². The van der Waals surface area contributed by atoms with Gasteiger partial charge in [0.1, 0.15) is 35.4 Å². The normalized spacial score (nSPS) is 13.5. The number of amides is 2. The molecule has 3 N–H and O–H groups in total. The lowest BCUT2D eigenvalue weighted by Crippen LogP contribution is -2.41. The molecule has 6 rings (SSSR count). The number of aromatic nitrogens is 2. The number of aliphatic carboxylic acids is 1. The first kappa shape index (κ1) is 84.1. The van der Waals surface area contributed by atoms with Gasteiger partial charge in [-0.3, -0.25) is 28.8 Å². The molecule has 2 heterocycles. The van der Waals surface area contributed by atoms with Gasteiger partial charge in [0, 0.05) is 59.9 Å². The van der Waals surface area contributed by atoms with Gasteiger partial charge < -0.3 is 39.4 Å². The van der Waals surface area contributed by atoms with Crippen LogP contribution in [0.4, 0.5) is 70.2 Å². The lowest BCUT2D eigenvalue weighted by atomic mass is 9.87. The Morgan fingerprint density at radius 1 is 0.500 bits per heavy atom. The number of alkyl halides is 12. The minimum Gasteiger partial charge on any atom is -0.481 e. The van der Waals surface area contributed by atoms with Gasteiger partial charge >= 0.3 is 36.6 Å². The van der Waals surface area contributed by atoms with E-state index in [2.05, 4.69) is 10.6 Å². The summed E-state index contributed by atoms with van der Waals surface area (Å²) in [6.45, 7) is 15.9. The fourth-order valence-electron chi connectivity index (χ4n) is 12.1. The maximum Gasteiger partial charge on any atom is 0.416 e. The number of carboxylic acid groups (broad SMARTS) is 1. The number of carbonyl (C=O) groups is 4. The molecule has 6 aromatic rings. The van der Waals surface area contributed by atoms with Gasteiger partial charge in [-0.2, -0.15) is 52.7 Å². The zero-order valence-electron chi connectivity index (χ0n) is 58.7. The SMILES string of the molecule is CCOC(=O)C[C@H](NC(=O)C(CC(C)C)n1cc(CCN(C)C)c(C(F)(F)F)cc1=O)c1c(F)c(C)cc(-c2c(C)ccc(C(F)(F)F)c2C)c1F.Cc1cc(-c2c(C)ccc(C(F)(F)F)c2C)c(F)c([C@H](CC(=O)O)NC(=O)C(CC(C)C)n2cc(CCN(C)C)c(C(F)(F)F)cc2=O)c1F. The van der Waals surface area contributed by atoms with E-state index in [1.807, 2.05) is 0 Å². The van der Waals surface area contributed by atoms with Gasteiger partial charge in [-0.05, 0) is 194 Å². The average molecular weight is 1460 g/mol. The Labute approximate surface area is 579 Å². The molecule has 560 valence electrons. The van der Waals surface area contributed by atoms with Crippen LogP contribution in [0.15, 0.2) is 70.5 Å². The first-order valence-corrected chi connectivity index (χ1v) is 32.2. The molecule has 0 bridgehead atoms. The molecule has 4 aromatic carbocycles. The lowest BCUT2D eigenvalue weighted by molar-refractivity contribution is -0.144. The number of halogens is 16.